The standard InChI is InChI=1S/C18H23N5O/c1-13-12-14(2)20-18(19-13)22-21-15(3)16-4-6-17(7-5-16)23-8-10-24-11-9-23/h4-7,12H,8-11H2,1-3H3,(H,19,20,22)/b21-15+. The van der Waals surface area contributed by atoms with Crippen LogP contribution < -0.4 is 10.3 Å². The van der Waals surface area contributed by atoms with Crippen LogP contribution in [0.15, 0.2) is 35.4 Å². The monoisotopic (exact) mass is 325 g/mol. The van der Waals surface area contributed by atoms with Gasteiger partial charge in [0.2, 0.25) is 5.95 Å². The Morgan fingerprint density at radius 1 is 1.08 bits per heavy atom. The van der Waals surface area contributed by atoms with Crippen LogP contribution in [-0.2, 0) is 4.74 Å². The quantitative estimate of drug-likeness (QED) is 0.692. The number of aryl methyl sites for hydroxylation is 2. The van der Waals surface area contributed by atoms with Crippen LogP contribution in [0.4, 0.5) is 11.6 Å². The first-order valence-electron chi connectivity index (χ1n) is 8.17. The fourth-order valence-corrected chi connectivity index (χ4v) is 2.71. The third kappa shape index (κ3) is 4.08. The molecule has 0 radical (unpaired) electrons. The van der Waals surface area contributed by atoms with Crippen molar-refractivity contribution in [1.29, 1.82) is 0 Å². The highest BCUT2D eigenvalue weighted by molar-refractivity contribution is 5.99. The molecule has 1 N–H and O–H groups in total. The minimum absolute atomic E-state index is 0.525. The van der Waals surface area contributed by atoms with E-state index in [0.29, 0.717) is 5.95 Å². The molecule has 0 saturated carbocycles. The molecule has 1 saturated heterocycles. The Kier molecular flexibility index (Phi) is 5.05. The van der Waals surface area contributed by atoms with Crippen molar-refractivity contribution in [2.24, 2.45) is 5.10 Å². The number of nitrogens with one attached hydrogen (secondary N) is 1. The van der Waals surface area contributed by atoms with Crippen molar-refractivity contribution in [3.8, 4) is 0 Å². The number of aromatic nitrogens is 2. The highest BCUT2D eigenvalue weighted by Gasteiger charge is 2.11. The number of nitrogens with zero attached hydrogens (tertiary/aromatic N) is 4. The molecule has 1 aliphatic rings. The van der Waals surface area contributed by atoms with Crippen molar-refractivity contribution in [3.63, 3.8) is 0 Å². The molecule has 2 aromatic rings. The summed E-state index contributed by atoms with van der Waals surface area (Å²) in [5, 5.41) is 4.40. The highest BCUT2D eigenvalue weighted by Crippen LogP contribution is 2.17. The SMILES string of the molecule is C/C(=N\Nc1nc(C)cc(C)n1)c1ccc(N2CCOCC2)cc1. The molecule has 0 spiro atoms. The van der Waals surface area contributed by atoms with E-state index < -0.39 is 0 Å². The van der Waals surface area contributed by atoms with E-state index in [9.17, 15) is 0 Å². The van der Waals surface area contributed by atoms with Crippen LogP contribution >= 0.6 is 0 Å². The average molecular weight is 325 g/mol. The van der Waals surface area contributed by atoms with Gasteiger partial charge in [-0.25, -0.2) is 15.4 Å². The van der Waals surface area contributed by atoms with E-state index in [1.54, 1.807) is 0 Å². The van der Waals surface area contributed by atoms with Gasteiger partial charge in [-0.05, 0) is 44.5 Å². The Hall–Kier alpha value is -2.47. The van der Waals surface area contributed by atoms with E-state index >= 15 is 0 Å². The molecule has 6 heteroatoms. The fourth-order valence-electron chi connectivity index (χ4n) is 2.71. The molecule has 1 aromatic carbocycles. The minimum Gasteiger partial charge on any atom is -0.378 e. The lowest BCUT2D eigenvalue weighted by Gasteiger charge is -2.28. The molecule has 1 aromatic heterocycles. The topological polar surface area (TPSA) is 62.6 Å². The molecule has 24 heavy (non-hydrogen) atoms. The lowest BCUT2D eigenvalue weighted by atomic mass is 10.1. The summed E-state index contributed by atoms with van der Waals surface area (Å²) in [4.78, 5) is 11.0. The van der Waals surface area contributed by atoms with E-state index in [0.717, 1.165) is 49.0 Å². The Labute approximate surface area is 142 Å². The average Bonchev–Trinajstić information content (AvgIpc) is 2.60. The van der Waals surface area contributed by atoms with Gasteiger partial charge in [0.1, 0.15) is 0 Å². The van der Waals surface area contributed by atoms with Crippen LogP contribution in [-0.4, -0.2) is 42.0 Å². The molecule has 0 bridgehead atoms. The van der Waals surface area contributed by atoms with Crippen LogP contribution in [0.25, 0.3) is 0 Å². The summed E-state index contributed by atoms with van der Waals surface area (Å²) >= 11 is 0. The lowest BCUT2D eigenvalue weighted by Crippen LogP contribution is -2.36. The Morgan fingerprint density at radius 2 is 1.71 bits per heavy atom. The third-order valence-corrected chi connectivity index (χ3v) is 3.97. The molecule has 0 atom stereocenters. The summed E-state index contributed by atoms with van der Waals surface area (Å²) in [5.74, 6) is 0.525. The Bertz CT molecular complexity index is 700. The number of morpholine rings is 1. The van der Waals surface area contributed by atoms with Gasteiger partial charge in [0, 0.05) is 30.2 Å². The van der Waals surface area contributed by atoms with E-state index in [-0.39, 0.29) is 0 Å². The molecule has 126 valence electrons. The number of hydrazone groups is 1. The lowest BCUT2D eigenvalue weighted by molar-refractivity contribution is 0.122. The Balaban J connectivity index is 1.68. The summed E-state index contributed by atoms with van der Waals surface area (Å²) in [6, 6.07) is 10.4. The van der Waals surface area contributed by atoms with Crippen LogP contribution in [0, 0.1) is 13.8 Å². The predicted molar refractivity (Wildman–Crippen MR) is 96.8 cm³/mol. The summed E-state index contributed by atoms with van der Waals surface area (Å²) in [7, 11) is 0. The molecule has 3 rings (SSSR count). The fraction of sp³-hybridized carbons (Fsp3) is 0.389. The van der Waals surface area contributed by atoms with Crippen molar-refractivity contribution in [2.45, 2.75) is 20.8 Å². The van der Waals surface area contributed by atoms with Gasteiger partial charge in [-0.1, -0.05) is 12.1 Å². The summed E-state index contributed by atoms with van der Waals surface area (Å²) in [5.41, 5.74) is 7.98. The second kappa shape index (κ2) is 7.40. The third-order valence-electron chi connectivity index (χ3n) is 3.97. The van der Waals surface area contributed by atoms with Crippen molar-refractivity contribution >= 4 is 17.3 Å². The van der Waals surface area contributed by atoms with Crippen molar-refractivity contribution < 1.29 is 4.74 Å². The number of hydrogen-bond acceptors (Lipinski definition) is 6. The zero-order valence-electron chi connectivity index (χ0n) is 14.4. The molecule has 0 aliphatic carbocycles. The van der Waals surface area contributed by atoms with E-state index in [2.05, 4.69) is 49.7 Å². The molecule has 0 unspecified atom stereocenters. The largest absolute Gasteiger partial charge is 0.378 e. The van der Waals surface area contributed by atoms with Gasteiger partial charge in [0.05, 0.1) is 18.9 Å². The van der Waals surface area contributed by atoms with Gasteiger partial charge in [-0.15, -0.1) is 0 Å². The summed E-state index contributed by atoms with van der Waals surface area (Å²) in [6.45, 7) is 9.33. The maximum absolute atomic E-state index is 5.39. The predicted octanol–water partition coefficient (Wildman–Crippen LogP) is 2.77. The van der Waals surface area contributed by atoms with Gasteiger partial charge in [-0.2, -0.15) is 5.10 Å². The van der Waals surface area contributed by atoms with Crippen LogP contribution in [0.1, 0.15) is 23.9 Å². The normalized spacial score (nSPS) is 15.5. The maximum atomic E-state index is 5.39. The van der Waals surface area contributed by atoms with Crippen LogP contribution in [0.3, 0.4) is 0 Å². The number of ether oxygens (including phenoxy) is 1. The zero-order valence-corrected chi connectivity index (χ0v) is 14.4. The molecule has 6 nitrogen and oxygen atoms in total. The van der Waals surface area contributed by atoms with E-state index in [1.165, 1.54) is 5.69 Å². The number of anilines is 2. The summed E-state index contributed by atoms with van der Waals surface area (Å²) in [6.07, 6.45) is 0. The Morgan fingerprint density at radius 3 is 2.33 bits per heavy atom. The number of benzene rings is 1. The van der Waals surface area contributed by atoms with Gasteiger partial charge >= 0.3 is 0 Å². The minimum atomic E-state index is 0.525. The first kappa shape index (κ1) is 16.4. The van der Waals surface area contributed by atoms with Crippen molar-refractivity contribution in [2.75, 3.05) is 36.6 Å². The van der Waals surface area contributed by atoms with E-state index in [4.69, 9.17) is 4.74 Å². The maximum Gasteiger partial charge on any atom is 0.243 e. The molecular weight excluding hydrogens is 302 g/mol. The molecule has 0 amide bonds. The summed E-state index contributed by atoms with van der Waals surface area (Å²) < 4.78 is 5.39. The molecule has 2 heterocycles. The van der Waals surface area contributed by atoms with Crippen LogP contribution in [0.2, 0.25) is 0 Å². The van der Waals surface area contributed by atoms with Gasteiger partial charge in [0.15, 0.2) is 0 Å². The van der Waals surface area contributed by atoms with Crippen LogP contribution in [0.5, 0.6) is 0 Å². The first-order valence-corrected chi connectivity index (χ1v) is 8.17. The second-order valence-electron chi connectivity index (χ2n) is 5.93. The smallest absolute Gasteiger partial charge is 0.243 e. The molecule has 1 aliphatic heterocycles. The van der Waals surface area contributed by atoms with Crippen molar-refractivity contribution in [3.05, 3.63) is 47.3 Å². The molecule has 1 fully saturated rings. The second-order valence-corrected chi connectivity index (χ2v) is 5.93. The van der Waals surface area contributed by atoms with Gasteiger partial charge < -0.3 is 9.64 Å². The van der Waals surface area contributed by atoms with E-state index in [1.807, 2.05) is 26.8 Å². The van der Waals surface area contributed by atoms with Gasteiger partial charge in [0.25, 0.3) is 0 Å². The molecular formula is C18H23N5O. The first-order chi connectivity index (χ1) is 11.6. The van der Waals surface area contributed by atoms with Gasteiger partial charge in [-0.3, -0.25) is 0 Å². The highest BCUT2D eigenvalue weighted by atomic mass is 16.5. The number of hydrogen-bond donors (Lipinski definition) is 1. The zero-order chi connectivity index (χ0) is 16.9. The number of rotatable bonds is 4. The van der Waals surface area contributed by atoms with Crippen molar-refractivity contribution in [1.82, 2.24) is 9.97 Å².